The van der Waals surface area contributed by atoms with Crippen LogP contribution in [0.3, 0.4) is 0 Å². The first-order valence-electron chi connectivity index (χ1n) is 16.5. The van der Waals surface area contributed by atoms with Crippen LogP contribution in [0.4, 0.5) is 11.6 Å². The molecule has 9 rings (SSSR count). The number of rotatable bonds is 0. The average molecular weight is 594 g/mol. The molecule has 4 aliphatic heterocycles. The third-order valence-corrected chi connectivity index (χ3v) is 12.1. The lowest BCUT2D eigenvalue weighted by molar-refractivity contribution is -0.257. The minimum atomic E-state index is -0.155. The number of benzene rings is 3. The minimum Gasteiger partial charge on any atom is -0.283 e. The molecule has 6 heterocycles. The number of fused-ring (bicyclic) bond motifs is 9. The van der Waals surface area contributed by atoms with Crippen molar-refractivity contribution in [2.24, 2.45) is 15.0 Å². The molecule has 0 atom stereocenters. The van der Waals surface area contributed by atoms with E-state index in [0.717, 1.165) is 34.3 Å². The molecule has 2 aromatic heterocycles. The summed E-state index contributed by atoms with van der Waals surface area (Å²) in [6.07, 6.45) is 0. The molecule has 7 heteroatoms. The zero-order valence-electron chi connectivity index (χ0n) is 29.3. The molecule has 0 radical (unpaired) electrons. The molecular weight excluding hydrogens is 551 g/mol. The largest absolute Gasteiger partial charge is 0.612 e. The summed E-state index contributed by atoms with van der Waals surface area (Å²) >= 11 is 0. The Hall–Kier alpha value is -4.26. The van der Waals surface area contributed by atoms with Crippen LogP contribution in [-0.4, -0.2) is 32.2 Å². The van der Waals surface area contributed by atoms with Crippen molar-refractivity contribution in [3.8, 4) is 0 Å². The smallest absolute Gasteiger partial charge is 0.283 e. The maximum absolute atomic E-state index is 5.60. The average Bonchev–Trinajstić information content (AvgIpc) is 3.68. The van der Waals surface area contributed by atoms with Crippen LogP contribution in [0.2, 0.25) is 0 Å². The third kappa shape index (κ3) is 2.90. The van der Waals surface area contributed by atoms with Crippen molar-refractivity contribution in [2.45, 2.75) is 96.9 Å². The van der Waals surface area contributed by atoms with Crippen molar-refractivity contribution >= 4 is 52.0 Å². The zero-order chi connectivity index (χ0) is 32.3. The lowest BCUT2D eigenvalue weighted by Crippen LogP contribution is -2.60. The second kappa shape index (κ2) is 8.71. The number of aromatic nitrogens is 2. The van der Waals surface area contributed by atoms with Gasteiger partial charge >= 0.3 is 7.12 Å². The van der Waals surface area contributed by atoms with Gasteiger partial charge in [0.1, 0.15) is 11.3 Å². The summed E-state index contributed by atoms with van der Waals surface area (Å²) in [5, 5.41) is 4.94. The van der Waals surface area contributed by atoms with E-state index in [4.69, 9.17) is 15.0 Å². The van der Waals surface area contributed by atoms with Crippen LogP contribution in [-0.2, 0) is 0 Å². The molecule has 0 N–H and O–H groups in total. The van der Waals surface area contributed by atoms with Gasteiger partial charge in [-0.2, -0.15) is 0 Å². The zero-order valence-corrected chi connectivity index (χ0v) is 29.3. The van der Waals surface area contributed by atoms with Crippen LogP contribution in [0.5, 0.6) is 0 Å². The summed E-state index contributed by atoms with van der Waals surface area (Å²) in [5.41, 5.74) is 20.3. The van der Waals surface area contributed by atoms with Gasteiger partial charge in [-0.05, 0) is 150 Å². The van der Waals surface area contributed by atoms with Gasteiger partial charge in [-0.15, -0.1) is 0 Å². The Kier molecular flexibility index (Phi) is 5.47. The number of amidine groups is 2. The van der Waals surface area contributed by atoms with Gasteiger partial charge in [-0.1, -0.05) is 23.8 Å². The Labute approximate surface area is 265 Å². The predicted octanol–water partition coefficient (Wildman–Crippen LogP) is 7.47. The number of aliphatic imine (C=N–C) groups is 1. The van der Waals surface area contributed by atoms with Crippen LogP contribution in [0.1, 0.15) is 91.7 Å². The van der Waals surface area contributed by atoms with Gasteiger partial charge in [-0.25, -0.2) is 9.48 Å². The molecule has 0 spiro atoms. The van der Waals surface area contributed by atoms with Crippen LogP contribution < -0.4 is 11.0 Å². The fraction of sp³-hybridized carbons (Fsp3) is 0.368. The molecular formula is C38H42BN6+. The van der Waals surface area contributed by atoms with E-state index in [-0.39, 0.29) is 7.12 Å². The summed E-state index contributed by atoms with van der Waals surface area (Å²) in [7, 11) is -0.155. The highest BCUT2D eigenvalue weighted by Gasteiger charge is 2.55. The molecule has 0 saturated heterocycles. The number of hydrogen-bond donors (Lipinski definition) is 0. The van der Waals surface area contributed by atoms with Crippen molar-refractivity contribution < 1.29 is 4.49 Å². The monoisotopic (exact) mass is 593 g/mol. The van der Waals surface area contributed by atoms with Gasteiger partial charge in [0, 0.05) is 21.5 Å². The summed E-state index contributed by atoms with van der Waals surface area (Å²) < 4.78 is 7.24. The Bertz CT molecular complexity index is 2510. The van der Waals surface area contributed by atoms with Crippen molar-refractivity contribution in [3.05, 3.63) is 88.9 Å². The van der Waals surface area contributed by atoms with Gasteiger partial charge in [0.05, 0.1) is 11.1 Å². The molecule has 0 aliphatic carbocycles. The van der Waals surface area contributed by atoms with E-state index in [2.05, 4.69) is 96.5 Å². The van der Waals surface area contributed by atoms with Crippen LogP contribution >= 0.6 is 0 Å². The highest BCUT2D eigenvalue weighted by atomic mass is 15.4. The van der Waals surface area contributed by atoms with E-state index < -0.39 is 0 Å². The molecule has 6 nitrogen and oxygen atoms in total. The van der Waals surface area contributed by atoms with Crippen LogP contribution in [0.25, 0.3) is 21.5 Å². The fourth-order valence-corrected chi connectivity index (χ4v) is 8.60. The van der Waals surface area contributed by atoms with Crippen LogP contribution in [0, 0.1) is 83.1 Å². The maximum atomic E-state index is 5.60. The topological polar surface area (TPSA) is 49.9 Å². The first kappa shape index (κ1) is 28.2. The normalized spacial score (nSPS) is 14.8. The van der Waals surface area contributed by atoms with E-state index in [9.17, 15) is 0 Å². The second-order valence-electron chi connectivity index (χ2n) is 13.5. The first-order valence-corrected chi connectivity index (χ1v) is 16.5. The van der Waals surface area contributed by atoms with Gasteiger partial charge < -0.3 is 0 Å². The van der Waals surface area contributed by atoms with Crippen molar-refractivity contribution in [1.82, 2.24) is 8.96 Å². The SMILES string of the molecule is CC.Cc1c(C)c(C)c2c(c1C)C1=Nc3c4c(C)c(C)c(C)c(C)c4c4n3B3n5c(c6c(C)c(C)c(C)c(C)c6c5=N4)=NC2=[N+]31. The van der Waals surface area contributed by atoms with Crippen molar-refractivity contribution in [2.75, 3.05) is 0 Å². The number of aryl methyl sites for hydroxylation is 4. The van der Waals surface area contributed by atoms with E-state index in [1.54, 1.807) is 0 Å². The van der Waals surface area contributed by atoms with Crippen molar-refractivity contribution in [3.63, 3.8) is 0 Å². The minimum absolute atomic E-state index is 0.155. The quantitative estimate of drug-likeness (QED) is 0.167. The molecule has 0 fully saturated rings. The van der Waals surface area contributed by atoms with Gasteiger partial charge in [-0.3, -0.25) is 8.96 Å². The Morgan fingerprint density at radius 2 is 0.822 bits per heavy atom. The molecule has 0 saturated carbocycles. The van der Waals surface area contributed by atoms with Gasteiger partial charge in [0.15, 0.2) is 0 Å². The molecule has 45 heavy (non-hydrogen) atoms. The maximum Gasteiger partial charge on any atom is 0.612 e. The van der Waals surface area contributed by atoms with Crippen LogP contribution in [0.15, 0.2) is 15.0 Å². The van der Waals surface area contributed by atoms with E-state index in [1.807, 2.05) is 13.8 Å². The molecule has 3 aromatic carbocycles. The molecule has 0 amide bonds. The standard InChI is InChI=1S/C36H36BN6.C2H6/c1-13-14(2)20(8)26-25(19(13)7)31-38-33-27-21(9)15(3)16(4)22(10)28(27)35-40-36-30-24(12)18(6)17(5)23(11)29(30)34-39-32(26)41(31)37(42(33)35)43(34)36;1-2/h1-12H3;1-2H3/q+1;. The predicted molar refractivity (Wildman–Crippen MR) is 188 cm³/mol. The summed E-state index contributed by atoms with van der Waals surface area (Å²) in [6, 6.07) is 0. The summed E-state index contributed by atoms with van der Waals surface area (Å²) in [5.74, 6) is 4.09. The van der Waals surface area contributed by atoms with E-state index in [1.165, 1.54) is 99.4 Å². The highest BCUT2D eigenvalue weighted by molar-refractivity contribution is 6.55. The Balaban J connectivity index is 0.00000147. The highest BCUT2D eigenvalue weighted by Crippen LogP contribution is 2.48. The molecule has 4 aliphatic rings. The Morgan fingerprint density at radius 1 is 0.422 bits per heavy atom. The molecule has 226 valence electrons. The molecule has 5 aromatic rings. The summed E-state index contributed by atoms with van der Waals surface area (Å²) in [6.45, 7) is 31.1. The molecule has 0 unspecified atom stereocenters. The van der Waals surface area contributed by atoms with E-state index in [0.29, 0.717) is 0 Å². The Morgan fingerprint density at radius 3 is 1.33 bits per heavy atom. The third-order valence-electron chi connectivity index (χ3n) is 12.1. The van der Waals surface area contributed by atoms with Gasteiger partial charge in [0.25, 0.3) is 11.7 Å². The number of nitrogens with zero attached hydrogens (tertiary/aromatic N) is 6. The van der Waals surface area contributed by atoms with Crippen molar-refractivity contribution in [1.29, 1.82) is 0 Å². The molecule has 0 bridgehead atoms. The van der Waals surface area contributed by atoms with E-state index >= 15 is 0 Å². The van der Waals surface area contributed by atoms with Gasteiger partial charge in [0.2, 0.25) is 11.3 Å². The lowest BCUT2D eigenvalue weighted by atomic mass is 9.87. The summed E-state index contributed by atoms with van der Waals surface area (Å²) in [4.78, 5) is 16.8. The number of hydrogen-bond acceptors (Lipinski definition) is 3. The fourth-order valence-electron chi connectivity index (χ4n) is 8.60. The second-order valence-corrected chi connectivity index (χ2v) is 13.5. The lowest BCUT2D eigenvalue weighted by Gasteiger charge is -2.25. The first-order chi connectivity index (χ1) is 21.4.